The third kappa shape index (κ3) is 5.34. The number of benzene rings is 1. The van der Waals surface area contributed by atoms with Gasteiger partial charge in [0.15, 0.2) is 0 Å². The van der Waals surface area contributed by atoms with Crippen molar-refractivity contribution in [3.63, 3.8) is 0 Å². The maximum absolute atomic E-state index is 12.4. The van der Waals surface area contributed by atoms with E-state index < -0.39 is 0 Å². The average Bonchev–Trinajstić information content (AvgIpc) is 3.33. The van der Waals surface area contributed by atoms with E-state index in [1.165, 1.54) is 0 Å². The Balaban J connectivity index is 1.49. The van der Waals surface area contributed by atoms with Crippen molar-refractivity contribution < 1.29 is 18.7 Å². The van der Waals surface area contributed by atoms with Crippen molar-refractivity contribution in [2.24, 2.45) is 0 Å². The molecule has 1 unspecified atom stereocenters. The molecule has 0 aliphatic carbocycles. The first-order valence-corrected chi connectivity index (χ1v) is 9.22. The average molecular weight is 371 g/mol. The summed E-state index contributed by atoms with van der Waals surface area (Å²) < 4.78 is 10.6. The number of anilines is 1. The number of furan rings is 1. The van der Waals surface area contributed by atoms with Gasteiger partial charge in [0.2, 0.25) is 11.8 Å². The summed E-state index contributed by atoms with van der Waals surface area (Å²) in [5.41, 5.74) is 0.710. The summed E-state index contributed by atoms with van der Waals surface area (Å²) in [5, 5.41) is 5.75. The topological polar surface area (TPSA) is 83.8 Å². The molecule has 7 nitrogen and oxygen atoms in total. The molecule has 3 rings (SSSR count). The van der Waals surface area contributed by atoms with Crippen LogP contribution in [0.4, 0.5) is 5.69 Å². The number of carbonyl (C=O) groups is 2. The van der Waals surface area contributed by atoms with E-state index in [0.717, 1.165) is 25.1 Å². The Kier molecular flexibility index (Phi) is 6.49. The molecule has 7 heteroatoms. The zero-order chi connectivity index (χ0) is 19.1. The van der Waals surface area contributed by atoms with Crippen LogP contribution in [0.3, 0.4) is 0 Å². The predicted molar refractivity (Wildman–Crippen MR) is 101 cm³/mol. The number of nitrogens with zero attached hydrogens (tertiary/aromatic N) is 1. The van der Waals surface area contributed by atoms with Crippen LogP contribution in [-0.4, -0.2) is 42.5 Å². The van der Waals surface area contributed by atoms with Gasteiger partial charge in [0.05, 0.1) is 32.0 Å². The lowest BCUT2D eigenvalue weighted by molar-refractivity contribution is -0.126. The molecule has 2 aromatic rings. The summed E-state index contributed by atoms with van der Waals surface area (Å²) in [6, 6.07) is 10.6. The number of nitrogens with one attached hydrogen (secondary N) is 2. The second-order valence-electron chi connectivity index (χ2n) is 6.43. The number of likely N-dealkylation sites (tertiary alicyclic amines) is 1. The summed E-state index contributed by atoms with van der Waals surface area (Å²) in [6.45, 7) is 3.80. The van der Waals surface area contributed by atoms with Gasteiger partial charge in [-0.05, 0) is 62.7 Å². The van der Waals surface area contributed by atoms with Gasteiger partial charge in [-0.3, -0.25) is 14.5 Å². The molecule has 1 aromatic heterocycles. The SMILES string of the molecule is CCOc1ccc(NC(=O)CN2CCCC2C(=O)NCc2ccco2)cc1. The molecule has 2 amide bonds. The maximum Gasteiger partial charge on any atom is 0.238 e. The van der Waals surface area contributed by atoms with Crippen LogP contribution in [0.1, 0.15) is 25.5 Å². The summed E-state index contributed by atoms with van der Waals surface area (Å²) in [7, 11) is 0. The van der Waals surface area contributed by atoms with Crippen LogP contribution in [0.15, 0.2) is 47.1 Å². The van der Waals surface area contributed by atoms with Crippen molar-refractivity contribution >= 4 is 17.5 Å². The molecule has 1 aliphatic rings. The highest BCUT2D eigenvalue weighted by Crippen LogP contribution is 2.19. The monoisotopic (exact) mass is 371 g/mol. The van der Waals surface area contributed by atoms with Gasteiger partial charge in [0.1, 0.15) is 11.5 Å². The van der Waals surface area contributed by atoms with E-state index in [1.807, 2.05) is 30.0 Å². The van der Waals surface area contributed by atoms with E-state index in [2.05, 4.69) is 10.6 Å². The number of hydrogen-bond donors (Lipinski definition) is 2. The Labute approximate surface area is 158 Å². The molecule has 1 atom stereocenters. The molecule has 2 N–H and O–H groups in total. The van der Waals surface area contributed by atoms with Gasteiger partial charge in [-0.25, -0.2) is 0 Å². The van der Waals surface area contributed by atoms with Gasteiger partial charge in [-0.15, -0.1) is 0 Å². The standard InChI is InChI=1S/C20H25N3O4/c1-2-26-16-9-7-15(8-10-16)22-19(24)14-23-11-3-6-18(23)20(25)21-13-17-5-4-12-27-17/h4-5,7-10,12,18H,2-3,6,11,13-14H2,1H3,(H,21,25)(H,22,24). The van der Waals surface area contributed by atoms with E-state index in [4.69, 9.17) is 9.15 Å². The van der Waals surface area contributed by atoms with E-state index in [-0.39, 0.29) is 24.4 Å². The van der Waals surface area contributed by atoms with Crippen LogP contribution < -0.4 is 15.4 Å². The quantitative estimate of drug-likeness (QED) is 0.744. The summed E-state index contributed by atoms with van der Waals surface area (Å²) in [4.78, 5) is 26.7. The van der Waals surface area contributed by atoms with Crippen molar-refractivity contribution in [3.05, 3.63) is 48.4 Å². The molecule has 1 saturated heterocycles. The molecular formula is C20H25N3O4. The minimum atomic E-state index is -0.286. The zero-order valence-electron chi connectivity index (χ0n) is 15.4. The Morgan fingerprint density at radius 3 is 2.78 bits per heavy atom. The molecule has 27 heavy (non-hydrogen) atoms. The molecule has 144 valence electrons. The van der Waals surface area contributed by atoms with E-state index in [9.17, 15) is 9.59 Å². The molecule has 0 saturated carbocycles. The largest absolute Gasteiger partial charge is 0.494 e. The second kappa shape index (κ2) is 9.23. The van der Waals surface area contributed by atoms with Crippen molar-refractivity contribution in [2.75, 3.05) is 25.0 Å². The van der Waals surface area contributed by atoms with Crippen molar-refractivity contribution in [3.8, 4) is 5.75 Å². The molecule has 1 aliphatic heterocycles. The van der Waals surface area contributed by atoms with Gasteiger partial charge in [-0.1, -0.05) is 0 Å². The molecule has 2 heterocycles. The van der Waals surface area contributed by atoms with Crippen LogP contribution in [-0.2, 0) is 16.1 Å². The smallest absolute Gasteiger partial charge is 0.238 e. The molecule has 1 fully saturated rings. The fourth-order valence-electron chi connectivity index (χ4n) is 3.20. The van der Waals surface area contributed by atoms with Gasteiger partial charge in [0.25, 0.3) is 0 Å². The molecule has 0 radical (unpaired) electrons. The fourth-order valence-corrected chi connectivity index (χ4v) is 3.20. The molecule has 1 aromatic carbocycles. The van der Waals surface area contributed by atoms with E-state index in [1.54, 1.807) is 24.5 Å². The number of ether oxygens (including phenoxy) is 1. The highest BCUT2D eigenvalue weighted by atomic mass is 16.5. The minimum absolute atomic E-state index is 0.0715. The Hall–Kier alpha value is -2.80. The summed E-state index contributed by atoms with van der Waals surface area (Å²) >= 11 is 0. The van der Waals surface area contributed by atoms with E-state index in [0.29, 0.717) is 24.6 Å². The van der Waals surface area contributed by atoms with Gasteiger partial charge in [0, 0.05) is 5.69 Å². The van der Waals surface area contributed by atoms with Gasteiger partial charge in [-0.2, -0.15) is 0 Å². The lowest BCUT2D eigenvalue weighted by Crippen LogP contribution is -2.45. The highest BCUT2D eigenvalue weighted by Gasteiger charge is 2.31. The normalized spacial score (nSPS) is 16.9. The number of amides is 2. The first-order valence-electron chi connectivity index (χ1n) is 9.22. The second-order valence-corrected chi connectivity index (χ2v) is 6.43. The van der Waals surface area contributed by atoms with Crippen molar-refractivity contribution in [1.82, 2.24) is 10.2 Å². The molecule has 0 bridgehead atoms. The lowest BCUT2D eigenvalue weighted by atomic mass is 10.2. The highest BCUT2D eigenvalue weighted by molar-refractivity contribution is 5.93. The van der Waals surface area contributed by atoms with Crippen LogP contribution in [0.25, 0.3) is 0 Å². The third-order valence-electron chi connectivity index (χ3n) is 4.48. The first-order chi connectivity index (χ1) is 13.2. The number of hydrogen-bond acceptors (Lipinski definition) is 5. The number of carbonyl (C=O) groups excluding carboxylic acids is 2. The summed E-state index contributed by atoms with van der Waals surface area (Å²) in [5.74, 6) is 1.27. The fraction of sp³-hybridized carbons (Fsp3) is 0.400. The zero-order valence-corrected chi connectivity index (χ0v) is 15.4. The van der Waals surface area contributed by atoms with Gasteiger partial charge >= 0.3 is 0 Å². The van der Waals surface area contributed by atoms with Crippen LogP contribution in [0.2, 0.25) is 0 Å². The molecular weight excluding hydrogens is 346 g/mol. The lowest BCUT2D eigenvalue weighted by Gasteiger charge is -2.23. The van der Waals surface area contributed by atoms with Crippen LogP contribution >= 0.6 is 0 Å². The van der Waals surface area contributed by atoms with Crippen molar-refractivity contribution in [2.45, 2.75) is 32.4 Å². The first kappa shape index (κ1) is 19.0. The predicted octanol–water partition coefficient (Wildman–Crippen LogP) is 2.40. The summed E-state index contributed by atoms with van der Waals surface area (Å²) in [6.07, 6.45) is 3.23. The Bertz CT molecular complexity index is 743. The van der Waals surface area contributed by atoms with Crippen LogP contribution in [0.5, 0.6) is 5.75 Å². The van der Waals surface area contributed by atoms with Gasteiger partial charge < -0.3 is 19.8 Å². The van der Waals surface area contributed by atoms with Crippen molar-refractivity contribution in [1.29, 1.82) is 0 Å². The molecule has 0 spiro atoms. The van der Waals surface area contributed by atoms with Crippen LogP contribution in [0, 0.1) is 0 Å². The Morgan fingerprint density at radius 1 is 1.26 bits per heavy atom. The minimum Gasteiger partial charge on any atom is -0.494 e. The Morgan fingerprint density at radius 2 is 2.07 bits per heavy atom. The van der Waals surface area contributed by atoms with E-state index >= 15 is 0 Å². The third-order valence-corrected chi connectivity index (χ3v) is 4.48. The maximum atomic E-state index is 12.4. The number of rotatable bonds is 8.